The number of aldehydes is 1. The van der Waals surface area contributed by atoms with Gasteiger partial charge in [0.1, 0.15) is 25.0 Å². The summed E-state index contributed by atoms with van der Waals surface area (Å²) in [4.78, 5) is 74.4. The van der Waals surface area contributed by atoms with Crippen molar-refractivity contribution in [1.29, 1.82) is 0 Å². The van der Waals surface area contributed by atoms with Crippen LogP contribution in [0.3, 0.4) is 0 Å². The van der Waals surface area contributed by atoms with Gasteiger partial charge in [-0.05, 0) is 39.8 Å². The summed E-state index contributed by atoms with van der Waals surface area (Å²) < 4.78 is 14.3. The largest absolute Gasteiger partial charge is 0.445 e. The van der Waals surface area contributed by atoms with Crippen LogP contribution in [0.15, 0.2) is 116 Å². The fraction of sp³-hybridized carbons (Fsp3) is 0.302. The highest BCUT2D eigenvalue weighted by molar-refractivity contribution is 5.93. The van der Waals surface area contributed by atoms with Crippen LogP contribution in [0.1, 0.15) is 49.1 Å². The number of carbonyl (C=O) groups excluding carboxylic acids is 5. The Hall–Kier alpha value is -6.30. The molecule has 5 aromatic rings. The van der Waals surface area contributed by atoms with E-state index >= 15 is 0 Å². The number of ether oxygens (including phenoxy) is 1. The lowest BCUT2D eigenvalue weighted by molar-refractivity contribution is -0.131. The number of alkyl carbamates (subject to hydrolysis) is 1. The molecule has 0 saturated carbocycles. The van der Waals surface area contributed by atoms with E-state index in [0.717, 1.165) is 16.3 Å². The number of aromatic amines is 1. The Morgan fingerprint density at radius 2 is 1.49 bits per heavy atom. The third-order valence-electron chi connectivity index (χ3n) is 9.17. The molecule has 4 amide bonds. The summed E-state index contributed by atoms with van der Waals surface area (Å²) >= 11 is 0. The third kappa shape index (κ3) is 12.4. The lowest BCUT2D eigenvalue weighted by atomic mass is 9.89. The number of carbonyl (C=O) groups is 5. The summed E-state index contributed by atoms with van der Waals surface area (Å²) in [5.41, 5.74) is 2.86. The molecule has 0 unspecified atom stereocenters. The number of benzene rings is 4. The predicted molar refractivity (Wildman–Crippen MR) is 209 cm³/mol. The van der Waals surface area contributed by atoms with E-state index in [1.807, 2.05) is 92.7 Å². The van der Waals surface area contributed by atoms with Gasteiger partial charge < -0.3 is 35.8 Å². The number of amides is 4. The first kappa shape index (κ1) is 38.4. The van der Waals surface area contributed by atoms with Crippen LogP contribution < -0.4 is 21.3 Å². The molecule has 1 heterocycles. The molecule has 0 aliphatic carbocycles. The molecular weight excluding hydrogens is 697 g/mol. The molecule has 0 aliphatic rings. The maximum absolute atomic E-state index is 14.3. The number of nitrogens with zero attached hydrogens (tertiary/aromatic N) is 1. The first-order valence-corrected chi connectivity index (χ1v) is 18.4. The Morgan fingerprint density at radius 3 is 2.18 bits per heavy atom. The van der Waals surface area contributed by atoms with Gasteiger partial charge in [-0.25, -0.2) is 9.78 Å². The van der Waals surface area contributed by atoms with E-state index in [1.165, 1.54) is 12.5 Å². The van der Waals surface area contributed by atoms with Crippen LogP contribution in [0, 0.1) is 11.8 Å². The highest BCUT2D eigenvalue weighted by atomic mass is 16.5. The van der Waals surface area contributed by atoms with Gasteiger partial charge in [0.15, 0.2) is 1.41 Å². The molecule has 0 saturated heterocycles. The van der Waals surface area contributed by atoms with E-state index < -0.39 is 42.0 Å². The van der Waals surface area contributed by atoms with Crippen molar-refractivity contribution < 1.29 is 30.1 Å². The molecule has 5 N–H and O–H groups in total. The van der Waals surface area contributed by atoms with Gasteiger partial charge >= 0.3 is 6.09 Å². The Morgan fingerprint density at radius 1 is 0.818 bits per heavy atom. The first-order chi connectivity index (χ1) is 27.1. The quantitative estimate of drug-likeness (QED) is 0.0725. The minimum atomic E-state index is -1.41. The molecule has 0 radical (unpaired) electrons. The van der Waals surface area contributed by atoms with E-state index in [2.05, 4.69) is 25.9 Å². The van der Waals surface area contributed by atoms with E-state index in [0.29, 0.717) is 34.8 Å². The molecule has 0 aliphatic heterocycles. The van der Waals surface area contributed by atoms with Crippen LogP contribution in [0.2, 0.25) is 1.41 Å². The summed E-state index contributed by atoms with van der Waals surface area (Å²) in [7, 11) is 0. The minimum absolute atomic E-state index is 0.0211. The van der Waals surface area contributed by atoms with Gasteiger partial charge in [-0.2, -0.15) is 0 Å². The number of rotatable bonds is 19. The average Bonchev–Trinajstić information content (AvgIpc) is 3.73. The molecule has 5 rings (SSSR count). The lowest BCUT2D eigenvalue weighted by Crippen LogP contribution is -2.57. The standard InChI is InChI=1S/C43H48N6O6/c1-29(2)20-37(34(26-50)22-40(51)45-24-30-12-5-3-6-13-30)47-42(53)39(23-35-25-44-28-46-35)48-41(52)38(49-43(54)55-27-31-14-7-4-8-15-31)21-33-18-11-17-32-16-9-10-19-36(32)33/h3-19,25-26,28-29,34,37-39H,20-24,27H2,1-2H3,(H,44,46)(H,45,51)(H,47,53)(H,48,52)(H,49,54)/t34-,37+,38+,39+/m1/s1/i/hD. The second-order valence-corrected chi connectivity index (χ2v) is 13.9. The second-order valence-electron chi connectivity index (χ2n) is 13.9. The molecule has 55 heavy (non-hydrogen) atoms. The van der Waals surface area contributed by atoms with Crippen molar-refractivity contribution in [3.05, 3.63) is 138 Å². The van der Waals surface area contributed by atoms with Crippen LogP contribution in [0.4, 0.5) is 4.79 Å². The number of aromatic nitrogens is 2. The molecule has 4 atom stereocenters. The summed E-state index contributed by atoms with van der Waals surface area (Å²) in [6, 6.07) is 28.2. The summed E-state index contributed by atoms with van der Waals surface area (Å²) in [6.07, 6.45) is 2.75. The maximum atomic E-state index is 14.3. The fourth-order valence-electron chi connectivity index (χ4n) is 6.35. The monoisotopic (exact) mass is 745 g/mol. The predicted octanol–water partition coefficient (Wildman–Crippen LogP) is 5.18. The van der Waals surface area contributed by atoms with Gasteiger partial charge in [-0.15, -0.1) is 0 Å². The zero-order valence-corrected chi connectivity index (χ0v) is 31.0. The zero-order valence-electron chi connectivity index (χ0n) is 32.0. The van der Waals surface area contributed by atoms with Crippen molar-refractivity contribution in [2.75, 3.05) is 0 Å². The molecule has 0 spiro atoms. The van der Waals surface area contributed by atoms with Gasteiger partial charge in [0, 0.05) is 49.7 Å². The van der Waals surface area contributed by atoms with Gasteiger partial charge in [0.2, 0.25) is 17.7 Å². The average molecular weight is 746 g/mol. The van der Waals surface area contributed by atoms with Gasteiger partial charge in [-0.1, -0.05) is 117 Å². The van der Waals surface area contributed by atoms with Gasteiger partial charge in [0.05, 0.1) is 6.33 Å². The molecule has 12 heteroatoms. The molecule has 12 nitrogen and oxygen atoms in total. The van der Waals surface area contributed by atoms with Crippen LogP contribution in [-0.2, 0) is 49.9 Å². The van der Waals surface area contributed by atoms with Gasteiger partial charge in [-0.3, -0.25) is 14.4 Å². The smallest absolute Gasteiger partial charge is 0.408 e. The number of nitrogens with one attached hydrogen (secondary N) is 5. The van der Waals surface area contributed by atoms with Gasteiger partial charge in [0.25, 0.3) is 0 Å². The number of imidazole rings is 1. The van der Waals surface area contributed by atoms with E-state index in [4.69, 9.17) is 6.15 Å². The number of fused-ring (bicyclic) bond motifs is 1. The van der Waals surface area contributed by atoms with Crippen molar-refractivity contribution in [3.8, 4) is 0 Å². The topological polar surface area (TPSA) is 171 Å². The zero-order chi connectivity index (χ0) is 39.9. The van der Waals surface area contributed by atoms with Crippen LogP contribution in [0.25, 0.3) is 10.8 Å². The van der Waals surface area contributed by atoms with Crippen molar-refractivity contribution in [3.63, 3.8) is 0 Å². The molecule has 286 valence electrons. The Kier molecular flexibility index (Phi) is 14.1. The number of hydrogen-bond acceptors (Lipinski definition) is 7. The van der Waals surface area contributed by atoms with Crippen molar-refractivity contribution in [2.24, 2.45) is 11.8 Å². The van der Waals surface area contributed by atoms with Crippen LogP contribution >= 0.6 is 0 Å². The SMILES string of the molecule is [2H]N(C(=O)OCc1ccccc1)[C@@H](Cc1cccc2ccccc12)C(=O)N[C@@H](Cc1cnc[nH]1)C(=O)N[C@@H](CC(C)C)[C@@H](C=O)CC(=O)NCc1ccccc1. The molecule has 0 bridgehead atoms. The third-order valence-corrected chi connectivity index (χ3v) is 9.17. The Bertz CT molecular complexity index is 2040. The highest BCUT2D eigenvalue weighted by Gasteiger charge is 2.32. The normalized spacial score (nSPS) is 13.5. The second kappa shape index (κ2) is 20.2. The summed E-state index contributed by atoms with van der Waals surface area (Å²) in [5.74, 6) is -2.54. The number of H-pyrrole nitrogens is 1. The van der Waals surface area contributed by atoms with Crippen molar-refractivity contribution in [2.45, 2.75) is 70.8 Å². The molecule has 0 fully saturated rings. The maximum Gasteiger partial charge on any atom is 0.408 e. The molecule has 1 aromatic heterocycles. The molecular formula is C43H48N6O6. The Labute approximate surface area is 322 Å². The van der Waals surface area contributed by atoms with Crippen molar-refractivity contribution >= 4 is 40.9 Å². The van der Waals surface area contributed by atoms with Crippen LogP contribution in [0.5, 0.6) is 0 Å². The molecule has 4 aromatic carbocycles. The lowest BCUT2D eigenvalue weighted by Gasteiger charge is -2.29. The first-order valence-electron chi connectivity index (χ1n) is 18.8. The minimum Gasteiger partial charge on any atom is -0.445 e. The van der Waals surface area contributed by atoms with E-state index in [-0.39, 0.29) is 44.2 Å². The Balaban J connectivity index is 1.37. The highest BCUT2D eigenvalue weighted by Crippen LogP contribution is 2.21. The van der Waals surface area contributed by atoms with Crippen LogP contribution in [-0.4, -0.2) is 58.2 Å². The summed E-state index contributed by atoms with van der Waals surface area (Å²) in [5, 5.41) is 10.8. The number of hydrogen-bond donors (Lipinski definition) is 5. The summed E-state index contributed by atoms with van der Waals surface area (Å²) in [6.45, 7) is 4.06. The fourth-order valence-corrected chi connectivity index (χ4v) is 6.35. The van der Waals surface area contributed by atoms with E-state index in [9.17, 15) is 24.0 Å². The van der Waals surface area contributed by atoms with Crippen molar-refractivity contribution in [1.82, 2.24) is 31.2 Å². The van der Waals surface area contributed by atoms with E-state index in [1.54, 1.807) is 24.3 Å².